The number of anilines is 2. The molecule has 1 aromatic rings. The van der Waals surface area contributed by atoms with E-state index in [1.54, 1.807) is 4.90 Å². The third-order valence-corrected chi connectivity index (χ3v) is 4.31. The van der Waals surface area contributed by atoms with Gasteiger partial charge in [-0.05, 0) is 0 Å². The van der Waals surface area contributed by atoms with E-state index < -0.39 is 36.4 Å². The molecule has 1 fully saturated rings. The summed E-state index contributed by atoms with van der Waals surface area (Å²) in [4.78, 5) is 20.5. The molecule has 5 N–H and O–H groups in total. The minimum absolute atomic E-state index is 0.0983. The van der Waals surface area contributed by atoms with Crippen molar-refractivity contribution in [3.8, 4) is 12.0 Å². The largest absolute Gasteiger partial charge is 0.472 e. The van der Waals surface area contributed by atoms with Gasteiger partial charge in [0.25, 0.3) is 0 Å². The zero-order valence-electron chi connectivity index (χ0n) is 13.8. The Morgan fingerprint density at radius 2 is 2.22 bits per heavy atom. The first-order valence-electron chi connectivity index (χ1n) is 7.91. The molecule has 3 heterocycles. The van der Waals surface area contributed by atoms with Crippen LogP contribution in [0.5, 0.6) is 0 Å². The highest BCUT2D eigenvalue weighted by Gasteiger charge is 2.43. The van der Waals surface area contributed by atoms with Crippen LogP contribution in [0.3, 0.4) is 0 Å². The van der Waals surface area contributed by atoms with E-state index >= 15 is 0 Å². The predicted octanol–water partition coefficient (Wildman–Crippen LogP) is -0.930. The highest BCUT2D eigenvalue weighted by Crippen LogP contribution is 2.40. The quantitative estimate of drug-likeness (QED) is 0.378. The van der Waals surface area contributed by atoms with Gasteiger partial charge >= 0.3 is 12.1 Å². The number of nitrogens with one attached hydrogen (secondary N) is 1. The van der Waals surface area contributed by atoms with E-state index in [1.807, 2.05) is 6.04 Å². The first-order valence-corrected chi connectivity index (χ1v) is 7.91. The van der Waals surface area contributed by atoms with Crippen LogP contribution < -0.4 is 16.0 Å². The summed E-state index contributed by atoms with van der Waals surface area (Å²) in [7, 11) is 0. The number of alkyl halides is 3. The van der Waals surface area contributed by atoms with E-state index in [2.05, 4.69) is 15.9 Å². The average molecular weight is 387 g/mol. The first-order chi connectivity index (χ1) is 12.7. The summed E-state index contributed by atoms with van der Waals surface area (Å²) in [5.41, 5.74) is 6.26. The lowest BCUT2D eigenvalue weighted by molar-refractivity contribution is -0.172. The van der Waals surface area contributed by atoms with Crippen LogP contribution >= 0.6 is 0 Å². The lowest BCUT2D eigenvalue weighted by Crippen LogP contribution is -2.35. The van der Waals surface area contributed by atoms with Gasteiger partial charge in [-0.3, -0.25) is 10.1 Å². The molecule has 0 aromatic carbocycles. The summed E-state index contributed by atoms with van der Waals surface area (Å²) < 4.78 is 42.3. The topological polar surface area (TPSA) is 134 Å². The van der Waals surface area contributed by atoms with Gasteiger partial charge in [-0.25, -0.2) is 9.97 Å². The van der Waals surface area contributed by atoms with Crippen molar-refractivity contribution in [2.75, 3.05) is 23.8 Å². The van der Waals surface area contributed by atoms with E-state index in [4.69, 9.17) is 10.5 Å². The molecule has 0 saturated carbocycles. The number of carbonyl (C=O) groups is 1. The molecular weight excluding hydrogens is 371 g/mol. The summed E-state index contributed by atoms with van der Waals surface area (Å²) in [5.74, 6) is 0.145. The van der Waals surface area contributed by atoms with Crippen molar-refractivity contribution in [1.82, 2.24) is 15.3 Å². The molecule has 4 atom stereocenters. The normalized spacial score (nSPS) is 27.1. The summed E-state index contributed by atoms with van der Waals surface area (Å²) in [6, 6.07) is 2.00. The molecule has 1 saturated heterocycles. The minimum atomic E-state index is -5.04. The fourth-order valence-electron chi connectivity index (χ4n) is 3.03. The Morgan fingerprint density at radius 1 is 1.48 bits per heavy atom. The lowest BCUT2D eigenvalue weighted by Gasteiger charge is -2.25. The molecule has 0 radical (unpaired) electrons. The number of amides is 1. The Labute approximate surface area is 151 Å². The number of nitrogens with two attached hydrogens (primary N) is 1. The van der Waals surface area contributed by atoms with Crippen molar-refractivity contribution in [1.29, 1.82) is 0 Å². The number of rotatable bonds is 2. The van der Waals surface area contributed by atoms with Crippen LogP contribution in [0.25, 0.3) is 0 Å². The molecule has 1 aromatic heterocycles. The summed E-state index contributed by atoms with van der Waals surface area (Å²) >= 11 is 0. The van der Waals surface area contributed by atoms with Gasteiger partial charge in [0.15, 0.2) is 0 Å². The number of aliphatic hydroxyl groups excluding tert-OH is 2. The second-order valence-corrected chi connectivity index (χ2v) is 6.04. The number of fused-ring (bicyclic) bond motifs is 1. The van der Waals surface area contributed by atoms with E-state index in [9.17, 15) is 28.2 Å². The Morgan fingerprint density at radius 3 is 2.85 bits per heavy atom. The molecule has 0 spiro atoms. The molecule has 3 unspecified atom stereocenters. The van der Waals surface area contributed by atoms with E-state index in [0.29, 0.717) is 11.4 Å². The maximum Gasteiger partial charge on any atom is 0.472 e. The third kappa shape index (κ3) is 3.75. The molecular formula is C15H16F3N5O4. The number of aliphatic hydroxyl groups is 2. The number of hydrogen-bond donors (Lipinski definition) is 4. The molecule has 3 rings (SSSR count). The zero-order valence-corrected chi connectivity index (χ0v) is 13.8. The van der Waals surface area contributed by atoms with Gasteiger partial charge in [-0.2, -0.15) is 13.2 Å². The molecule has 12 heteroatoms. The van der Waals surface area contributed by atoms with Crippen molar-refractivity contribution in [3.05, 3.63) is 11.9 Å². The maximum atomic E-state index is 12.2. The van der Waals surface area contributed by atoms with Gasteiger partial charge in [0.1, 0.15) is 30.3 Å². The van der Waals surface area contributed by atoms with Crippen LogP contribution in [0.15, 0.2) is 6.33 Å². The SMILES string of the molecule is Nc1ncnc2c1C(C#CNC(=O)C(F)(F)F)CN2[C@H]1CC(O)C(CO)O1. The van der Waals surface area contributed by atoms with Crippen LogP contribution in [0.1, 0.15) is 17.9 Å². The minimum Gasteiger partial charge on any atom is -0.394 e. The smallest absolute Gasteiger partial charge is 0.394 e. The molecule has 2 aliphatic heterocycles. The van der Waals surface area contributed by atoms with Gasteiger partial charge in [0, 0.05) is 19.0 Å². The molecule has 0 aliphatic carbocycles. The van der Waals surface area contributed by atoms with Crippen molar-refractivity contribution < 1.29 is 32.9 Å². The van der Waals surface area contributed by atoms with Gasteiger partial charge < -0.3 is 25.6 Å². The fourth-order valence-corrected chi connectivity index (χ4v) is 3.03. The summed E-state index contributed by atoms with van der Waals surface area (Å²) in [5, 5.41) is 20.6. The number of halogens is 3. The van der Waals surface area contributed by atoms with Crippen molar-refractivity contribution >= 4 is 17.5 Å². The number of ether oxygens (including phenoxy) is 1. The Hall–Kier alpha value is -2.62. The highest BCUT2D eigenvalue weighted by molar-refractivity contribution is 5.83. The molecule has 1 amide bonds. The van der Waals surface area contributed by atoms with Gasteiger partial charge in [0.05, 0.1) is 24.2 Å². The lowest BCUT2D eigenvalue weighted by atomic mass is 10.1. The molecule has 146 valence electrons. The predicted molar refractivity (Wildman–Crippen MR) is 84.9 cm³/mol. The van der Waals surface area contributed by atoms with Crippen LogP contribution in [0.4, 0.5) is 24.8 Å². The van der Waals surface area contributed by atoms with Crippen molar-refractivity contribution in [2.45, 2.75) is 37.0 Å². The number of carbonyl (C=O) groups excluding carboxylic acids is 1. The monoisotopic (exact) mass is 387 g/mol. The van der Waals surface area contributed by atoms with Gasteiger partial charge in [-0.1, -0.05) is 5.92 Å². The van der Waals surface area contributed by atoms with E-state index in [1.165, 1.54) is 11.6 Å². The number of hydrogen-bond acceptors (Lipinski definition) is 8. The summed E-state index contributed by atoms with van der Waals surface area (Å²) in [6.45, 7) is -0.209. The average Bonchev–Trinajstić information content (AvgIpc) is 3.15. The standard InChI is InChI=1S/C15H16F3N5O4/c16-15(17,18)14(26)20-2-1-7-4-23(10-3-8(25)9(5-24)27-10)13-11(7)12(19)21-6-22-13/h6-10,24-25H,3-5H2,(H,20,26)(H2,19,21,22)/t7?,8?,9?,10-/m1/s1. The van der Waals surface area contributed by atoms with Crippen LogP contribution in [-0.2, 0) is 9.53 Å². The highest BCUT2D eigenvalue weighted by atomic mass is 19.4. The van der Waals surface area contributed by atoms with Crippen molar-refractivity contribution in [3.63, 3.8) is 0 Å². The number of nitrogens with zero attached hydrogens (tertiary/aromatic N) is 3. The molecule has 9 nitrogen and oxygen atoms in total. The third-order valence-electron chi connectivity index (χ3n) is 4.31. The zero-order chi connectivity index (χ0) is 19.8. The van der Waals surface area contributed by atoms with Gasteiger partial charge in [-0.15, -0.1) is 0 Å². The number of aromatic nitrogens is 2. The molecule has 27 heavy (non-hydrogen) atoms. The second kappa shape index (κ2) is 7.18. The Balaban J connectivity index is 1.82. The van der Waals surface area contributed by atoms with E-state index in [-0.39, 0.29) is 25.4 Å². The van der Waals surface area contributed by atoms with Crippen molar-refractivity contribution in [2.24, 2.45) is 0 Å². The van der Waals surface area contributed by atoms with E-state index in [0.717, 1.165) is 0 Å². The first kappa shape index (κ1) is 19.2. The summed E-state index contributed by atoms with van der Waals surface area (Å²) in [6.07, 6.45) is -5.88. The molecule has 2 aliphatic rings. The molecule has 0 bridgehead atoms. The van der Waals surface area contributed by atoms with Gasteiger partial charge in [0.2, 0.25) is 0 Å². The Kier molecular flexibility index (Phi) is 5.09. The number of nitrogen functional groups attached to an aromatic ring is 1. The van der Waals surface area contributed by atoms with Crippen LogP contribution in [-0.4, -0.2) is 63.9 Å². The second-order valence-electron chi connectivity index (χ2n) is 6.04. The maximum absolute atomic E-state index is 12.2. The van der Waals surface area contributed by atoms with Crippen LogP contribution in [0, 0.1) is 12.0 Å². The van der Waals surface area contributed by atoms with Crippen LogP contribution in [0.2, 0.25) is 0 Å². The fraction of sp³-hybridized carbons (Fsp3) is 0.533. The Bertz CT molecular complexity index is 794.